The molecule has 3 rings (SSSR count). The molecular weight excluding hydrogens is 238 g/mol. The predicted molar refractivity (Wildman–Crippen MR) is 76.1 cm³/mol. The summed E-state index contributed by atoms with van der Waals surface area (Å²) < 4.78 is 3.15. The molecule has 1 aliphatic heterocycles. The molecule has 2 aromatic rings. The minimum atomic E-state index is -0.0602. The zero-order valence-electron chi connectivity index (χ0n) is 11.5. The fraction of sp³-hybridized carbons (Fsp3) is 0.333. The highest BCUT2D eigenvalue weighted by Gasteiger charge is 2.16. The van der Waals surface area contributed by atoms with Crippen molar-refractivity contribution in [2.45, 2.75) is 33.7 Å². The van der Waals surface area contributed by atoms with E-state index in [1.165, 1.54) is 26.9 Å². The van der Waals surface area contributed by atoms with Crippen LogP contribution in [0, 0.1) is 13.8 Å². The van der Waals surface area contributed by atoms with E-state index in [0.717, 1.165) is 5.82 Å². The van der Waals surface area contributed by atoms with Crippen LogP contribution in [-0.4, -0.2) is 14.3 Å². The van der Waals surface area contributed by atoms with Crippen molar-refractivity contribution in [3.05, 3.63) is 50.7 Å². The lowest BCUT2D eigenvalue weighted by molar-refractivity contribution is 0.625. The van der Waals surface area contributed by atoms with Gasteiger partial charge in [0.1, 0.15) is 5.82 Å². The Kier molecular flexibility index (Phi) is 2.66. The summed E-state index contributed by atoms with van der Waals surface area (Å²) in [5.74, 6) is 0.810. The molecule has 0 radical (unpaired) electrons. The van der Waals surface area contributed by atoms with E-state index in [1.54, 1.807) is 4.57 Å². The van der Waals surface area contributed by atoms with Crippen molar-refractivity contribution >= 4 is 12.3 Å². The summed E-state index contributed by atoms with van der Waals surface area (Å²) in [6, 6.07) is 4.37. The smallest absolute Gasteiger partial charge is 0.253 e. The van der Waals surface area contributed by atoms with Gasteiger partial charge in [0, 0.05) is 19.2 Å². The number of aryl methyl sites for hydroxylation is 3. The zero-order valence-corrected chi connectivity index (χ0v) is 11.5. The molecule has 0 fully saturated rings. The summed E-state index contributed by atoms with van der Waals surface area (Å²) in [5, 5.41) is 4.40. The second kappa shape index (κ2) is 4.23. The van der Waals surface area contributed by atoms with Crippen LogP contribution in [0.5, 0.6) is 0 Å². The monoisotopic (exact) mass is 255 g/mol. The summed E-state index contributed by atoms with van der Waals surface area (Å²) in [4.78, 5) is 12.1. The van der Waals surface area contributed by atoms with Crippen molar-refractivity contribution in [2.75, 3.05) is 0 Å². The number of nitrogens with zero attached hydrogens (tertiary/aromatic N) is 3. The summed E-state index contributed by atoms with van der Waals surface area (Å²) in [7, 11) is 0. The van der Waals surface area contributed by atoms with Crippen LogP contribution in [0.4, 0.5) is 0 Å². The van der Waals surface area contributed by atoms with Gasteiger partial charge in [-0.2, -0.15) is 5.10 Å². The van der Waals surface area contributed by atoms with Gasteiger partial charge in [0.05, 0.1) is 0 Å². The molecule has 0 saturated heterocycles. The van der Waals surface area contributed by atoms with Gasteiger partial charge in [-0.3, -0.25) is 4.57 Å². The molecule has 1 aliphatic rings. The standard InChI is InChI=1S/C15H17N3O/c1-4-18-15(19)17-6-5-12-7-10(2)11(3)8-13(12)9-14(17)16-18/h5-8H,4,9H2,1-3H3. The van der Waals surface area contributed by atoms with E-state index in [-0.39, 0.29) is 5.69 Å². The number of aromatic nitrogens is 3. The molecule has 0 unspecified atom stereocenters. The molecule has 0 aliphatic carbocycles. The van der Waals surface area contributed by atoms with Crippen LogP contribution < -0.4 is 5.69 Å². The highest BCUT2D eigenvalue weighted by molar-refractivity contribution is 5.66. The SMILES string of the molecule is CCn1nc2n(c1=O)C=Cc1cc(C)c(C)cc1C2. The highest BCUT2D eigenvalue weighted by atomic mass is 16.2. The van der Waals surface area contributed by atoms with Crippen molar-refractivity contribution < 1.29 is 0 Å². The number of rotatable bonds is 1. The van der Waals surface area contributed by atoms with Crippen molar-refractivity contribution in [3.8, 4) is 0 Å². The highest BCUT2D eigenvalue weighted by Crippen LogP contribution is 2.22. The van der Waals surface area contributed by atoms with E-state index in [0.29, 0.717) is 13.0 Å². The first kappa shape index (κ1) is 12.0. The third-order valence-electron chi connectivity index (χ3n) is 3.75. The first-order chi connectivity index (χ1) is 9.10. The van der Waals surface area contributed by atoms with E-state index < -0.39 is 0 Å². The average molecular weight is 255 g/mol. The summed E-state index contributed by atoms with van der Waals surface area (Å²) >= 11 is 0. The minimum Gasteiger partial charge on any atom is -0.253 e. The van der Waals surface area contributed by atoms with Gasteiger partial charge < -0.3 is 0 Å². The van der Waals surface area contributed by atoms with Crippen LogP contribution >= 0.6 is 0 Å². The van der Waals surface area contributed by atoms with Crippen molar-refractivity contribution in [1.82, 2.24) is 14.3 Å². The van der Waals surface area contributed by atoms with E-state index in [1.807, 2.05) is 19.2 Å². The molecule has 1 aromatic heterocycles. The lowest BCUT2D eigenvalue weighted by Gasteiger charge is -2.07. The van der Waals surface area contributed by atoms with Gasteiger partial charge in [0.25, 0.3) is 0 Å². The Morgan fingerprint density at radius 3 is 2.74 bits per heavy atom. The van der Waals surface area contributed by atoms with E-state index in [9.17, 15) is 4.79 Å². The maximum absolute atomic E-state index is 12.1. The Labute approximate surface area is 112 Å². The fourth-order valence-electron chi connectivity index (χ4n) is 2.47. The lowest BCUT2D eigenvalue weighted by Crippen LogP contribution is -2.21. The lowest BCUT2D eigenvalue weighted by atomic mass is 9.98. The largest absolute Gasteiger partial charge is 0.350 e. The molecule has 4 heteroatoms. The van der Waals surface area contributed by atoms with Gasteiger partial charge in [0.2, 0.25) is 0 Å². The van der Waals surface area contributed by atoms with Crippen LogP contribution in [0.1, 0.15) is 35.0 Å². The molecule has 0 amide bonds. The van der Waals surface area contributed by atoms with E-state index in [2.05, 4.69) is 31.1 Å². The topological polar surface area (TPSA) is 39.8 Å². The number of hydrogen-bond acceptors (Lipinski definition) is 2. The van der Waals surface area contributed by atoms with Gasteiger partial charge in [-0.25, -0.2) is 9.48 Å². The molecule has 0 N–H and O–H groups in total. The van der Waals surface area contributed by atoms with Crippen LogP contribution in [-0.2, 0) is 13.0 Å². The molecule has 19 heavy (non-hydrogen) atoms. The molecule has 2 heterocycles. The fourth-order valence-corrected chi connectivity index (χ4v) is 2.47. The maximum Gasteiger partial charge on any atom is 0.350 e. The molecule has 98 valence electrons. The first-order valence-electron chi connectivity index (χ1n) is 6.56. The molecule has 0 atom stereocenters. The molecule has 0 saturated carbocycles. The zero-order chi connectivity index (χ0) is 13.6. The summed E-state index contributed by atoms with van der Waals surface area (Å²) in [6.45, 7) is 6.75. The van der Waals surface area contributed by atoms with Gasteiger partial charge in [-0.15, -0.1) is 0 Å². The minimum absolute atomic E-state index is 0.0602. The van der Waals surface area contributed by atoms with Gasteiger partial charge in [-0.05, 0) is 49.1 Å². The van der Waals surface area contributed by atoms with E-state index in [4.69, 9.17) is 0 Å². The van der Waals surface area contributed by atoms with Gasteiger partial charge in [-0.1, -0.05) is 12.1 Å². The maximum atomic E-state index is 12.1. The van der Waals surface area contributed by atoms with Crippen LogP contribution in [0.3, 0.4) is 0 Å². The molecular formula is C15H17N3O. The third-order valence-corrected chi connectivity index (χ3v) is 3.75. The number of fused-ring (bicyclic) bond motifs is 2. The Morgan fingerprint density at radius 1 is 1.26 bits per heavy atom. The van der Waals surface area contributed by atoms with Crippen LogP contribution in [0.25, 0.3) is 12.3 Å². The van der Waals surface area contributed by atoms with Gasteiger partial charge in [0.15, 0.2) is 0 Å². The Balaban J connectivity index is 2.18. The first-order valence-corrected chi connectivity index (χ1v) is 6.56. The van der Waals surface area contributed by atoms with Crippen molar-refractivity contribution in [2.24, 2.45) is 0 Å². The van der Waals surface area contributed by atoms with E-state index >= 15 is 0 Å². The molecule has 1 aromatic carbocycles. The second-order valence-electron chi connectivity index (χ2n) is 5.01. The van der Waals surface area contributed by atoms with Crippen LogP contribution in [0.2, 0.25) is 0 Å². The van der Waals surface area contributed by atoms with Crippen molar-refractivity contribution in [3.63, 3.8) is 0 Å². The van der Waals surface area contributed by atoms with Crippen molar-refractivity contribution in [1.29, 1.82) is 0 Å². The predicted octanol–water partition coefficient (Wildman–Crippen LogP) is 2.21. The molecule has 0 spiro atoms. The Hall–Kier alpha value is -2.10. The van der Waals surface area contributed by atoms with Crippen LogP contribution in [0.15, 0.2) is 16.9 Å². The normalized spacial score (nSPS) is 13.0. The quantitative estimate of drug-likeness (QED) is 0.669. The summed E-state index contributed by atoms with van der Waals surface area (Å²) in [6.07, 6.45) is 4.53. The number of hydrogen-bond donors (Lipinski definition) is 0. The Morgan fingerprint density at radius 2 is 2.00 bits per heavy atom. The van der Waals surface area contributed by atoms with Gasteiger partial charge >= 0.3 is 5.69 Å². The number of benzene rings is 1. The molecule has 4 nitrogen and oxygen atoms in total. The Bertz CT molecular complexity index is 735. The summed E-state index contributed by atoms with van der Waals surface area (Å²) in [5.41, 5.74) is 4.89. The second-order valence-corrected chi connectivity index (χ2v) is 5.01. The third kappa shape index (κ3) is 1.84. The molecule has 0 bridgehead atoms. The average Bonchev–Trinajstić information content (AvgIpc) is 2.57.